The highest BCUT2D eigenvalue weighted by molar-refractivity contribution is 5.69. The molecule has 0 saturated carbocycles. The first-order chi connectivity index (χ1) is 8.33. The van der Waals surface area contributed by atoms with Gasteiger partial charge in [0.15, 0.2) is 0 Å². The number of alkyl halides is 3. The number of benzene rings is 1. The molecule has 0 radical (unpaired) electrons. The summed E-state index contributed by atoms with van der Waals surface area (Å²) in [4.78, 5) is 11.2. The molecule has 1 saturated heterocycles. The zero-order valence-corrected chi connectivity index (χ0v) is 9.67. The average Bonchev–Trinajstić information content (AvgIpc) is 2.27. The van der Waals surface area contributed by atoms with Crippen molar-refractivity contribution in [3.8, 4) is 0 Å². The van der Waals surface area contributed by atoms with Gasteiger partial charge in [0.1, 0.15) is 0 Å². The number of hydrogen-bond acceptors (Lipinski definition) is 2. The maximum atomic E-state index is 12.9. The van der Waals surface area contributed by atoms with Gasteiger partial charge < -0.3 is 10.1 Å². The van der Waals surface area contributed by atoms with E-state index in [9.17, 15) is 18.0 Å². The lowest BCUT2D eigenvalue weighted by Gasteiger charge is -2.36. The molecule has 1 amide bonds. The zero-order chi connectivity index (χ0) is 13.4. The topological polar surface area (TPSA) is 38.3 Å². The smallest absolute Gasteiger partial charge is 0.416 e. The normalized spacial score (nSPS) is 24.3. The van der Waals surface area contributed by atoms with E-state index in [0.717, 1.165) is 6.07 Å². The summed E-state index contributed by atoms with van der Waals surface area (Å²) in [7, 11) is 0. The number of carbonyl (C=O) groups is 1. The maximum absolute atomic E-state index is 12.9. The lowest BCUT2D eigenvalue weighted by atomic mass is 9.85. The van der Waals surface area contributed by atoms with Crippen molar-refractivity contribution in [3.63, 3.8) is 0 Å². The van der Waals surface area contributed by atoms with E-state index in [1.54, 1.807) is 6.92 Å². The molecule has 1 fully saturated rings. The van der Waals surface area contributed by atoms with Gasteiger partial charge in [0.25, 0.3) is 0 Å². The highest BCUT2D eigenvalue weighted by Crippen LogP contribution is 2.38. The molecule has 98 valence electrons. The fraction of sp³-hybridized carbons (Fsp3) is 0.417. The number of halogens is 3. The summed E-state index contributed by atoms with van der Waals surface area (Å²) in [5.41, 5.74) is -1.72. The molecule has 6 heteroatoms. The van der Waals surface area contributed by atoms with Crippen LogP contribution in [-0.2, 0) is 16.5 Å². The Morgan fingerprint density at radius 3 is 2.61 bits per heavy atom. The zero-order valence-electron chi connectivity index (χ0n) is 9.67. The number of carbonyl (C=O) groups excluding carboxylic acids is 1. The largest absolute Gasteiger partial charge is 0.449 e. The molecule has 0 bridgehead atoms. The maximum Gasteiger partial charge on any atom is 0.416 e. The van der Waals surface area contributed by atoms with Crippen LogP contribution in [0.15, 0.2) is 24.3 Å². The fourth-order valence-corrected chi connectivity index (χ4v) is 2.09. The predicted octanol–water partition coefficient (Wildman–Crippen LogP) is 3.05. The van der Waals surface area contributed by atoms with Crippen molar-refractivity contribution in [1.82, 2.24) is 5.32 Å². The molecule has 1 unspecified atom stereocenters. The molecule has 0 aromatic heterocycles. The lowest BCUT2D eigenvalue weighted by molar-refractivity contribution is -0.139. The number of hydrogen-bond donors (Lipinski definition) is 1. The van der Waals surface area contributed by atoms with E-state index in [0.29, 0.717) is 6.42 Å². The van der Waals surface area contributed by atoms with Crippen LogP contribution in [-0.4, -0.2) is 12.7 Å². The summed E-state index contributed by atoms with van der Waals surface area (Å²) >= 11 is 0. The Kier molecular flexibility index (Phi) is 2.96. The van der Waals surface area contributed by atoms with Crippen molar-refractivity contribution >= 4 is 6.09 Å². The number of alkyl carbamates (subject to hydrolysis) is 1. The Labute approximate surface area is 102 Å². The van der Waals surface area contributed by atoms with Crippen LogP contribution in [0, 0.1) is 0 Å². The molecule has 3 nitrogen and oxygen atoms in total. The van der Waals surface area contributed by atoms with Gasteiger partial charge in [-0.15, -0.1) is 0 Å². The van der Waals surface area contributed by atoms with Gasteiger partial charge in [0.05, 0.1) is 17.7 Å². The second-order valence-corrected chi connectivity index (χ2v) is 4.39. The second kappa shape index (κ2) is 4.19. The molecule has 1 aromatic carbocycles. The van der Waals surface area contributed by atoms with Gasteiger partial charge in [-0.25, -0.2) is 4.79 Å². The predicted molar refractivity (Wildman–Crippen MR) is 57.9 cm³/mol. The van der Waals surface area contributed by atoms with E-state index in [-0.39, 0.29) is 12.2 Å². The third-order valence-corrected chi connectivity index (χ3v) is 3.04. The van der Waals surface area contributed by atoms with Crippen molar-refractivity contribution in [2.24, 2.45) is 0 Å². The van der Waals surface area contributed by atoms with Crippen LogP contribution in [0.2, 0.25) is 0 Å². The number of amides is 1. The molecule has 1 aliphatic heterocycles. The van der Waals surface area contributed by atoms with Gasteiger partial charge in [-0.2, -0.15) is 13.2 Å². The first kappa shape index (κ1) is 12.7. The summed E-state index contributed by atoms with van der Waals surface area (Å²) in [5.74, 6) is 0. The lowest BCUT2D eigenvalue weighted by Crippen LogP contribution is -2.49. The standard InChI is InChI=1S/C12H12F3NO2/c1-11(6-7-18-10(17)16-11)8-4-2-3-5-9(8)12(13,14)15/h2-5H,6-7H2,1H3,(H,16,17). The minimum Gasteiger partial charge on any atom is -0.449 e. The van der Waals surface area contributed by atoms with Crippen molar-refractivity contribution in [2.75, 3.05) is 6.61 Å². The van der Waals surface area contributed by atoms with Gasteiger partial charge in [-0.05, 0) is 18.6 Å². The van der Waals surface area contributed by atoms with E-state index in [4.69, 9.17) is 0 Å². The van der Waals surface area contributed by atoms with E-state index < -0.39 is 23.4 Å². The first-order valence-electron chi connectivity index (χ1n) is 5.44. The van der Waals surface area contributed by atoms with Crippen LogP contribution in [0.4, 0.5) is 18.0 Å². The van der Waals surface area contributed by atoms with Crippen LogP contribution in [0.1, 0.15) is 24.5 Å². The summed E-state index contributed by atoms with van der Waals surface area (Å²) in [6.45, 7) is 1.67. The summed E-state index contributed by atoms with van der Waals surface area (Å²) in [6.07, 6.45) is -4.84. The van der Waals surface area contributed by atoms with E-state index in [1.165, 1.54) is 18.2 Å². The van der Waals surface area contributed by atoms with Gasteiger partial charge in [0, 0.05) is 6.42 Å². The highest BCUT2D eigenvalue weighted by Gasteiger charge is 2.41. The van der Waals surface area contributed by atoms with Crippen molar-refractivity contribution in [2.45, 2.75) is 25.1 Å². The number of nitrogens with one attached hydrogen (secondary N) is 1. The number of rotatable bonds is 1. The van der Waals surface area contributed by atoms with Crippen LogP contribution in [0.5, 0.6) is 0 Å². The Morgan fingerprint density at radius 2 is 2.00 bits per heavy atom. The second-order valence-electron chi connectivity index (χ2n) is 4.39. The van der Waals surface area contributed by atoms with Crippen molar-refractivity contribution in [1.29, 1.82) is 0 Å². The molecular formula is C12H12F3NO2. The SMILES string of the molecule is CC1(c2ccccc2C(F)(F)F)CCOC(=O)N1. The molecule has 1 aromatic rings. The van der Waals surface area contributed by atoms with Crippen LogP contribution in [0.3, 0.4) is 0 Å². The monoisotopic (exact) mass is 259 g/mol. The van der Waals surface area contributed by atoms with Crippen molar-refractivity contribution < 1.29 is 22.7 Å². The van der Waals surface area contributed by atoms with Gasteiger partial charge in [0.2, 0.25) is 0 Å². The van der Waals surface area contributed by atoms with Crippen molar-refractivity contribution in [3.05, 3.63) is 35.4 Å². The van der Waals surface area contributed by atoms with Crippen LogP contribution < -0.4 is 5.32 Å². The molecule has 1 aliphatic rings. The van der Waals surface area contributed by atoms with Crippen LogP contribution >= 0.6 is 0 Å². The Balaban J connectivity index is 2.47. The quantitative estimate of drug-likeness (QED) is 0.841. The number of cyclic esters (lactones) is 1. The highest BCUT2D eigenvalue weighted by atomic mass is 19.4. The molecule has 1 atom stereocenters. The molecule has 1 N–H and O–H groups in total. The Hall–Kier alpha value is -1.72. The minimum atomic E-state index is -4.44. The molecule has 2 rings (SSSR count). The molecular weight excluding hydrogens is 247 g/mol. The summed E-state index contributed by atoms with van der Waals surface area (Å²) in [6, 6.07) is 5.25. The third-order valence-electron chi connectivity index (χ3n) is 3.04. The van der Waals surface area contributed by atoms with Gasteiger partial charge >= 0.3 is 12.3 Å². The van der Waals surface area contributed by atoms with Crippen LogP contribution in [0.25, 0.3) is 0 Å². The Morgan fingerprint density at radius 1 is 1.33 bits per heavy atom. The van der Waals surface area contributed by atoms with Gasteiger partial charge in [-0.3, -0.25) is 0 Å². The number of ether oxygens (including phenoxy) is 1. The minimum absolute atomic E-state index is 0.0640. The third kappa shape index (κ3) is 2.27. The Bertz CT molecular complexity index is 473. The average molecular weight is 259 g/mol. The molecule has 0 aliphatic carbocycles. The molecule has 0 spiro atoms. The molecule has 18 heavy (non-hydrogen) atoms. The molecule has 1 heterocycles. The van der Waals surface area contributed by atoms with E-state index in [1.807, 2.05) is 0 Å². The fourth-order valence-electron chi connectivity index (χ4n) is 2.09. The van der Waals surface area contributed by atoms with Gasteiger partial charge in [-0.1, -0.05) is 18.2 Å². The summed E-state index contributed by atoms with van der Waals surface area (Å²) < 4.78 is 43.5. The van der Waals surface area contributed by atoms with E-state index in [2.05, 4.69) is 10.1 Å². The first-order valence-corrected chi connectivity index (χ1v) is 5.44. The summed E-state index contributed by atoms with van der Waals surface area (Å²) in [5, 5.41) is 2.46. The van der Waals surface area contributed by atoms with E-state index >= 15 is 0 Å².